The zero-order valence-electron chi connectivity index (χ0n) is 13.9. The molecule has 1 aliphatic rings. The minimum absolute atomic E-state index is 0.109. The standard InChI is InChI=1S/C18H25N3O2/c1-3-14(22)12-20-8-10-21(11-9-20)18(23)16-13-19(2)17-7-5-4-6-15(16)17/h4-7,13-14,22H,3,8-12H2,1-2H3/t14-/m1/s1. The van der Waals surface area contributed by atoms with Gasteiger partial charge in [0.15, 0.2) is 0 Å². The molecule has 5 nitrogen and oxygen atoms in total. The maximum absolute atomic E-state index is 12.9. The number of fused-ring (bicyclic) bond motifs is 1. The van der Waals surface area contributed by atoms with Crippen LogP contribution in [0.5, 0.6) is 0 Å². The lowest BCUT2D eigenvalue weighted by Crippen LogP contribution is -2.50. The Bertz CT molecular complexity index is 687. The van der Waals surface area contributed by atoms with E-state index < -0.39 is 0 Å². The fourth-order valence-electron chi connectivity index (χ4n) is 3.24. The molecule has 0 radical (unpaired) electrons. The summed E-state index contributed by atoms with van der Waals surface area (Å²) < 4.78 is 2.01. The van der Waals surface area contributed by atoms with E-state index >= 15 is 0 Å². The summed E-state index contributed by atoms with van der Waals surface area (Å²) in [6.07, 6.45) is 2.44. The van der Waals surface area contributed by atoms with Crippen molar-refractivity contribution in [2.24, 2.45) is 7.05 Å². The fourth-order valence-corrected chi connectivity index (χ4v) is 3.24. The molecule has 124 valence electrons. The summed E-state index contributed by atoms with van der Waals surface area (Å²) in [7, 11) is 1.98. The number of β-amino-alcohol motifs (C(OH)–C–C–N with tert-alkyl or cyclic N) is 1. The second-order valence-corrected chi connectivity index (χ2v) is 6.33. The maximum atomic E-state index is 12.9. The average Bonchev–Trinajstić information content (AvgIpc) is 2.92. The van der Waals surface area contributed by atoms with Crippen molar-refractivity contribution < 1.29 is 9.90 Å². The zero-order chi connectivity index (χ0) is 16.4. The van der Waals surface area contributed by atoms with E-state index in [4.69, 9.17) is 0 Å². The van der Waals surface area contributed by atoms with Crippen molar-refractivity contribution in [1.29, 1.82) is 0 Å². The van der Waals surface area contributed by atoms with Crippen LogP contribution in [0.3, 0.4) is 0 Å². The molecule has 0 unspecified atom stereocenters. The minimum atomic E-state index is -0.268. The Labute approximate surface area is 137 Å². The number of hydrogen-bond acceptors (Lipinski definition) is 3. The Morgan fingerprint density at radius 1 is 1.22 bits per heavy atom. The van der Waals surface area contributed by atoms with Gasteiger partial charge in [-0.25, -0.2) is 0 Å². The molecule has 2 heterocycles. The summed E-state index contributed by atoms with van der Waals surface area (Å²) in [6, 6.07) is 8.02. The number of aromatic nitrogens is 1. The lowest BCUT2D eigenvalue weighted by Gasteiger charge is -2.35. The number of carbonyl (C=O) groups is 1. The Morgan fingerprint density at radius 2 is 1.91 bits per heavy atom. The molecule has 1 aliphatic heterocycles. The molecule has 23 heavy (non-hydrogen) atoms. The number of aryl methyl sites for hydroxylation is 1. The normalized spacial score (nSPS) is 17.6. The average molecular weight is 315 g/mol. The predicted octanol–water partition coefficient (Wildman–Crippen LogP) is 1.71. The summed E-state index contributed by atoms with van der Waals surface area (Å²) in [4.78, 5) is 17.0. The highest BCUT2D eigenvalue weighted by atomic mass is 16.3. The first kappa shape index (κ1) is 16.0. The van der Waals surface area contributed by atoms with Crippen LogP contribution in [0.15, 0.2) is 30.5 Å². The third-order valence-electron chi connectivity index (χ3n) is 4.73. The largest absolute Gasteiger partial charge is 0.392 e. The third kappa shape index (κ3) is 3.26. The molecule has 1 aromatic carbocycles. The van der Waals surface area contributed by atoms with Gasteiger partial charge in [0.05, 0.1) is 11.7 Å². The van der Waals surface area contributed by atoms with Gasteiger partial charge in [0.2, 0.25) is 0 Å². The number of rotatable bonds is 4. The van der Waals surface area contributed by atoms with E-state index in [0.717, 1.165) is 49.1 Å². The van der Waals surface area contributed by atoms with Crippen molar-refractivity contribution in [3.05, 3.63) is 36.0 Å². The van der Waals surface area contributed by atoms with Crippen LogP contribution in [-0.2, 0) is 7.05 Å². The zero-order valence-corrected chi connectivity index (χ0v) is 13.9. The van der Waals surface area contributed by atoms with Crippen LogP contribution in [0.4, 0.5) is 0 Å². The van der Waals surface area contributed by atoms with E-state index in [1.165, 1.54) is 0 Å². The first-order valence-corrected chi connectivity index (χ1v) is 8.34. The monoisotopic (exact) mass is 315 g/mol. The van der Waals surface area contributed by atoms with Gasteiger partial charge in [-0.3, -0.25) is 9.69 Å². The number of nitrogens with zero attached hydrogens (tertiary/aromatic N) is 3. The number of piperazine rings is 1. The van der Waals surface area contributed by atoms with E-state index in [9.17, 15) is 9.90 Å². The van der Waals surface area contributed by atoms with Crippen molar-refractivity contribution in [2.45, 2.75) is 19.4 Å². The molecular formula is C18H25N3O2. The molecule has 0 bridgehead atoms. The van der Waals surface area contributed by atoms with Gasteiger partial charge in [-0.1, -0.05) is 25.1 Å². The van der Waals surface area contributed by atoms with E-state index in [-0.39, 0.29) is 12.0 Å². The van der Waals surface area contributed by atoms with Gasteiger partial charge in [0.25, 0.3) is 5.91 Å². The number of para-hydroxylation sites is 1. The lowest BCUT2D eigenvalue weighted by molar-refractivity contribution is 0.0525. The highest BCUT2D eigenvalue weighted by Crippen LogP contribution is 2.22. The van der Waals surface area contributed by atoms with E-state index in [1.54, 1.807) is 0 Å². The highest BCUT2D eigenvalue weighted by molar-refractivity contribution is 6.07. The predicted molar refractivity (Wildman–Crippen MR) is 91.6 cm³/mol. The SMILES string of the molecule is CC[C@@H](O)CN1CCN(C(=O)c2cn(C)c3ccccc23)CC1. The molecule has 1 saturated heterocycles. The van der Waals surface area contributed by atoms with Gasteiger partial charge in [-0.05, 0) is 12.5 Å². The van der Waals surface area contributed by atoms with Gasteiger partial charge in [0, 0.05) is 56.9 Å². The number of benzene rings is 1. The van der Waals surface area contributed by atoms with Crippen LogP contribution >= 0.6 is 0 Å². The first-order chi connectivity index (χ1) is 11.1. The molecule has 0 saturated carbocycles. The minimum Gasteiger partial charge on any atom is -0.392 e. The van der Waals surface area contributed by atoms with Gasteiger partial charge in [-0.2, -0.15) is 0 Å². The van der Waals surface area contributed by atoms with Crippen molar-refractivity contribution in [2.75, 3.05) is 32.7 Å². The first-order valence-electron chi connectivity index (χ1n) is 8.34. The molecule has 1 N–H and O–H groups in total. The molecule has 1 amide bonds. The lowest BCUT2D eigenvalue weighted by atomic mass is 10.1. The Morgan fingerprint density at radius 3 is 2.61 bits per heavy atom. The number of hydrogen-bond donors (Lipinski definition) is 1. The molecule has 5 heteroatoms. The Kier molecular flexibility index (Phi) is 4.68. The summed E-state index contributed by atoms with van der Waals surface area (Å²) >= 11 is 0. The van der Waals surface area contributed by atoms with Crippen LogP contribution in [0.2, 0.25) is 0 Å². The molecule has 3 rings (SSSR count). The number of carbonyl (C=O) groups excluding carboxylic acids is 1. The third-order valence-corrected chi connectivity index (χ3v) is 4.73. The summed E-state index contributed by atoms with van der Waals surface area (Å²) in [6.45, 7) is 5.79. The van der Waals surface area contributed by atoms with Gasteiger partial charge in [-0.15, -0.1) is 0 Å². The fraction of sp³-hybridized carbons (Fsp3) is 0.500. The molecule has 0 spiro atoms. The van der Waals surface area contributed by atoms with Crippen molar-refractivity contribution in [3.8, 4) is 0 Å². The van der Waals surface area contributed by atoms with Gasteiger partial charge in [0.1, 0.15) is 0 Å². The smallest absolute Gasteiger partial charge is 0.256 e. The van der Waals surface area contributed by atoms with Crippen molar-refractivity contribution in [3.63, 3.8) is 0 Å². The number of amides is 1. The van der Waals surface area contributed by atoms with Crippen molar-refractivity contribution >= 4 is 16.8 Å². The van der Waals surface area contributed by atoms with Crippen LogP contribution in [0.1, 0.15) is 23.7 Å². The second-order valence-electron chi connectivity index (χ2n) is 6.33. The molecule has 0 aliphatic carbocycles. The Balaban J connectivity index is 1.70. The highest BCUT2D eigenvalue weighted by Gasteiger charge is 2.25. The quantitative estimate of drug-likeness (QED) is 0.934. The van der Waals surface area contributed by atoms with E-state index in [1.807, 2.05) is 53.9 Å². The molecule has 1 aromatic heterocycles. The van der Waals surface area contributed by atoms with Gasteiger partial charge >= 0.3 is 0 Å². The second kappa shape index (κ2) is 6.72. The van der Waals surface area contributed by atoms with Crippen LogP contribution in [0, 0.1) is 0 Å². The number of aliphatic hydroxyl groups is 1. The Hall–Kier alpha value is -1.85. The van der Waals surface area contributed by atoms with Gasteiger partial charge < -0.3 is 14.6 Å². The summed E-state index contributed by atoms with van der Waals surface area (Å²) in [5, 5.41) is 10.8. The van der Waals surface area contributed by atoms with Crippen LogP contribution in [0.25, 0.3) is 10.9 Å². The molecule has 2 aromatic rings. The van der Waals surface area contributed by atoms with Crippen molar-refractivity contribution in [1.82, 2.24) is 14.4 Å². The van der Waals surface area contributed by atoms with Crippen LogP contribution in [-0.4, -0.2) is 64.2 Å². The van der Waals surface area contributed by atoms with E-state index in [0.29, 0.717) is 6.54 Å². The molecular weight excluding hydrogens is 290 g/mol. The summed E-state index contributed by atoms with van der Waals surface area (Å²) in [5.74, 6) is 0.109. The summed E-state index contributed by atoms with van der Waals surface area (Å²) in [5.41, 5.74) is 1.87. The number of aliphatic hydroxyl groups excluding tert-OH is 1. The molecule has 1 fully saturated rings. The topological polar surface area (TPSA) is 48.7 Å². The molecule has 1 atom stereocenters. The van der Waals surface area contributed by atoms with E-state index in [2.05, 4.69) is 4.90 Å². The maximum Gasteiger partial charge on any atom is 0.256 e. The van der Waals surface area contributed by atoms with Crippen LogP contribution < -0.4 is 0 Å².